The average Bonchev–Trinajstić information content (AvgIpc) is 2.81. The first-order chi connectivity index (χ1) is 9.60. The van der Waals surface area contributed by atoms with Crippen LogP contribution in [0.3, 0.4) is 0 Å². The number of hydrogen-bond donors (Lipinski definition) is 2. The molecule has 0 saturated carbocycles. The highest BCUT2D eigenvalue weighted by Crippen LogP contribution is 2.21. The highest BCUT2D eigenvalue weighted by Gasteiger charge is 2.10. The lowest BCUT2D eigenvalue weighted by atomic mass is 10.1. The number of carboxylic acids is 1. The van der Waals surface area contributed by atoms with Gasteiger partial charge in [-0.2, -0.15) is 5.26 Å². The molecule has 0 unspecified atom stereocenters. The minimum Gasteiger partial charge on any atom is -0.477 e. The van der Waals surface area contributed by atoms with Gasteiger partial charge < -0.3 is 10.4 Å². The zero-order chi connectivity index (χ0) is 14.5. The van der Waals surface area contributed by atoms with Crippen molar-refractivity contribution in [1.82, 2.24) is 5.32 Å². The average molecular weight is 286 g/mol. The summed E-state index contributed by atoms with van der Waals surface area (Å²) in [5.41, 5.74) is 2.75. The van der Waals surface area contributed by atoms with Crippen molar-refractivity contribution in [3.63, 3.8) is 0 Å². The number of aromatic carboxylic acids is 1. The van der Waals surface area contributed by atoms with E-state index in [4.69, 9.17) is 10.4 Å². The van der Waals surface area contributed by atoms with E-state index in [0.717, 1.165) is 16.0 Å². The Kier molecular flexibility index (Phi) is 4.51. The lowest BCUT2D eigenvalue weighted by molar-refractivity contribution is 0.0702. The van der Waals surface area contributed by atoms with Gasteiger partial charge in [0.25, 0.3) is 0 Å². The normalized spacial score (nSPS) is 10.2. The highest BCUT2D eigenvalue weighted by atomic mass is 32.1. The molecular weight excluding hydrogens is 272 g/mol. The monoisotopic (exact) mass is 286 g/mol. The Morgan fingerprint density at radius 1 is 1.35 bits per heavy atom. The van der Waals surface area contributed by atoms with Crippen molar-refractivity contribution in [2.75, 3.05) is 0 Å². The predicted molar refractivity (Wildman–Crippen MR) is 77.7 cm³/mol. The Bertz CT molecular complexity index is 654. The predicted octanol–water partition coefficient (Wildman–Crippen LogP) is 2.92. The number of benzene rings is 1. The second-order valence-corrected chi connectivity index (χ2v) is 5.67. The van der Waals surface area contributed by atoms with Gasteiger partial charge in [-0.25, -0.2) is 4.79 Å². The van der Waals surface area contributed by atoms with Crippen LogP contribution < -0.4 is 5.32 Å². The molecule has 1 heterocycles. The summed E-state index contributed by atoms with van der Waals surface area (Å²) < 4.78 is 0. The third-order valence-electron chi connectivity index (χ3n) is 2.96. The molecule has 5 heteroatoms. The van der Waals surface area contributed by atoms with E-state index in [-0.39, 0.29) is 0 Å². The van der Waals surface area contributed by atoms with Gasteiger partial charge in [0, 0.05) is 18.0 Å². The summed E-state index contributed by atoms with van der Waals surface area (Å²) in [6.07, 6.45) is 0. The van der Waals surface area contributed by atoms with Gasteiger partial charge in [-0.15, -0.1) is 11.3 Å². The van der Waals surface area contributed by atoms with Crippen LogP contribution in [-0.2, 0) is 13.1 Å². The standard InChI is InChI=1S/C15H14N2O2S/c1-10-13(6-14(20-10)15(18)19)9-17-8-12-4-2-11(7-16)3-5-12/h2-6,17H,8-9H2,1H3,(H,18,19). The molecule has 0 atom stereocenters. The summed E-state index contributed by atoms with van der Waals surface area (Å²) in [5.74, 6) is -0.878. The van der Waals surface area contributed by atoms with E-state index in [9.17, 15) is 4.79 Å². The van der Waals surface area contributed by atoms with E-state index in [0.29, 0.717) is 23.5 Å². The zero-order valence-electron chi connectivity index (χ0n) is 11.0. The molecule has 1 aromatic heterocycles. The largest absolute Gasteiger partial charge is 0.477 e. The Balaban J connectivity index is 1.92. The van der Waals surface area contributed by atoms with Crippen molar-refractivity contribution >= 4 is 17.3 Å². The summed E-state index contributed by atoms with van der Waals surface area (Å²) in [7, 11) is 0. The summed E-state index contributed by atoms with van der Waals surface area (Å²) in [5, 5.41) is 20.9. The Morgan fingerprint density at radius 2 is 2.05 bits per heavy atom. The molecule has 0 bridgehead atoms. The van der Waals surface area contributed by atoms with Gasteiger partial charge in [-0.1, -0.05) is 12.1 Å². The minimum atomic E-state index is -0.878. The second kappa shape index (κ2) is 6.33. The van der Waals surface area contributed by atoms with Crippen LogP contribution in [0.2, 0.25) is 0 Å². The van der Waals surface area contributed by atoms with Crippen molar-refractivity contribution in [3.05, 3.63) is 56.8 Å². The van der Waals surface area contributed by atoms with E-state index in [1.807, 2.05) is 19.1 Å². The van der Waals surface area contributed by atoms with Gasteiger partial charge in [-0.05, 0) is 36.2 Å². The van der Waals surface area contributed by atoms with Gasteiger partial charge in [0.15, 0.2) is 0 Å². The number of hydrogen-bond acceptors (Lipinski definition) is 4. The van der Waals surface area contributed by atoms with Crippen LogP contribution in [0.25, 0.3) is 0 Å². The molecule has 1 aromatic carbocycles. The van der Waals surface area contributed by atoms with E-state index in [1.165, 1.54) is 11.3 Å². The molecule has 20 heavy (non-hydrogen) atoms. The molecule has 102 valence electrons. The molecule has 0 aliphatic heterocycles. The highest BCUT2D eigenvalue weighted by molar-refractivity contribution is 7.14. The maximum Gasteiger partial charge on any atom is 0.345 e. The fourth-order valence-corrected chi connectivity index (χ4v) is 2.72. The van der Waals surface area contributed by atoms with Crippen LogP contribution in [0.1, 0.15) is 31.2 Å². The number of rotatable bonds is 5. The Labute approximate surface area is 121 Å². The number of carboxylic acid groups (broad SMARTS) is 1. The van der Waals surface area contributed by atoms with Crippen LogP contribution in [0.5, 0.6) is 0 Å². The lowest BCUT2D eigenvalue weighted by Gasteiger charge is -2.04. The van der Waals surface area contributed by atoms with Gasteiger partial charge in [0.05, 0.1) is 11.6 Å². The lowest BCUT2D eigenvalue weighted by Crippen LogP contribution is -2.12. The third kappa shape index (κ3) is 3.44. The van der Waals surface area contributed by atoms with Crippen LogP contribution in [0.4, 0.5) is 0 Å². The molecule has 2 N–H and O–H groups in total. The summed E-state index contributed by atoms with van der Waals surface area (Å²) >= 11 is 1.30. The van der Waals surface area contributed by atoms with Crippen molar-refractivity contribution in [1.29, 1.82) is 5.26 Å². The summed E-state index contributed by atoms with van der Waals surface area (Å²) in [6, 6.07) is 11.2. The molecule has 0 aliphatic rings. The zero-order valence-corrected chi connectivity index (χ0v) is 11.8. The molecule has 2 rings (SSSR count). The number of nitrogens with zero attached hydrogens (tertiary/aromatic N) is 1. The van der Waals surface area contributed by atoms with Gasteiger partial charge >= 0.3 is 5.97 Å². The Morgan fingerprint density at radius 3 is 2.60 bits per heavy atom. The third-order valence-corrected chi connectivity index (χ3v) is 4.04. The van der Waals surface area contributed by atoms with E-state index in [2.05, 4.69) is 11.4 Å². The van der Waals surface area contributed by atoms with Gasteiger partial charge in [-0.3, -0.25) is 0 Å². The maximum absolute atomic E-state index is 10.9. The van der Waals surface area contributed by atoms with E-state index >= 15 is 0 Å². The molecule has 0 saturated heterocycles. The van der Waals surface area contributed by atoms with Crippen LogP contribution in [0.15, 0.2) is 30.3 Å². The second-order valence-electron chi connectivity index (χ2n) is 4.41. The smallest absolute Gasteiger partial charge is 0.345 e. The first-order valence-electron chi connectivity index (χ1n) is 6.12. The van der Waals surface area contributed by atoms with E-state index < -0.39 is 5.97 Å². The molecule has 4 nitrogen and oxygen atoms in total. The van der Waals surface area contributed by atoms with Crippen molar-refractivity contribution in [2.24, 2.45) is 0 Å². The number of nitriles is 1. The van der Waals surface area contributed by atoms with Gasteiger partial charge in [0.1, 0.15) is 4.88 Å². The molecule has 0 radical (unpaired) electrons. The molecular formula is C15H14N2O2S. The van der Waals surface area contributed by atoms with Crippen molar-refractivity contribution < 1.29 is 9.90 Å². The van der Waals surface area contributed by atoms with Crippen molar-refractivity contribution in [3.8, 4) is 6.07 Å². The Hall–Kier alpha value is -2.16. The molecule has 0 fully saturated rings. The minimum absolute atomic E-state index is 0.373. The quantitative estimate of drug-likeness (QED) is 0.886. The fourth-order valence-electron chi connectivity index (χ4n) is 1.84. The molecule has 0 aliphatic carbocycles. The first kappa shape index (κ1) is 14.3. The summed E-state index contributed by atoms with van der Waals surface area (Å²) in [6.45, 7) is 3.24. The summed E-state index contributed by atoms with van der Waals surface area (Å²) in [4.78, 5) is 12.3. The first-order valence-corrected chi connectivity index (χ1v) is 6.94. The van der Waals surface area contributed by atoms with E-state index in [1.54, 1.807) is 18.2 Å². The topological polar surface area (TPSA) is 73.1 Å². The number of carbonyl (C=O) groups is 1. The number of aryl methyl sites for hydroxylation is 1. The van der Waals surface area contributed by atoms with Crippen LogP contribution >= 0.6 is 11.3 Å². The molecule has 2 aromatic rings. The van der Waals surface area contributed by atoms with Gasteiger partial charge in [0.2, 0.25) is 0 Å². The van der Waals surface area contributed by atoms with Crippen LogP contribution in [-0.4, -0.2) is 11.1 Å². The number of nitrogens with one attached hydrogen (secondary N) is 1. The maximum atomic E-state index is 10.9. The van der Waals surface area contributed by atoms with Crippen LogP contribution in [0, 0.1) is 18.3 Å². The van der Waals surface area contributed by atoms with Crippen molar-refractivity contribution in [2.45, 2.75) is 20.0 Å². The number of thiophene rings is 1. The molecule has 0 spiro atoms. The molecule has 0 amide bonds. The fraction of sp³-hybridized carbons (Fsp3) is 0.200. The SMILES string of the molecule is Cc1sc(C(=O)O)cc1CNCc1ccc(C#N)cc1.